The number of hydrogen-bond acceptors (Lipinski definition) is 3. The van der Waals surface area contributed by atoms with Gasteiger partial charge in [0, 0.05) is 13.0 Å². The number of imide groups is 1. The zero-order valence-electron chi connectivity index (χ0n) is 10.9. The molecule has 1 unspecified atom stereocenters. The van der Waals surface area contributed by atoms with Crippen LogP contribution in [0, 0.1) is 5.92 Å². The largest absolute Gasteiger partial charge is 0.340 e. The monoisotopic (exact) mass is 265 g/mol. The Morgan fingerprint density at radius 3 is 2.68 bits per heavy atom. The lowest BCUT2D eigenvalue weighted by atomic mass is 9.99. The zero-order valence-corrected chi connectivity index (χ0v) is 10.9. The van der Waals surface area contributed by atoms with Gasteiger partial charge in [0.15, 0.2) is 0 Å². The standard InChI is InChI=1S/C13H19N3O3/c17-10(7-9-3-1-2-4-9)16-6-5-13(8-16)11(18)14-12(19)15-13/h9H,1-8H2,(H2,14,15,18,19). The second-order valence-electron chi connectivity index (χ2n) is 5.91. The van der Waals surface area contributed by atoms with Crippen LogP contribution in [-0.4, -0.2) is 41.4 Å². The van der Waals surface area contributed by atoms with Crippen LogP contribution >= 0.6 is 0 Å². The molecule has 2 N–H and O–H groups in total. The Kier molecular flexibility index (Phi) is 2.95. The molecule has 0 radical (unpaired) electrons. The fourth-order valence-corrected chi connectivity index (χ4v) is 3.43. The van der Waals surface area contributed by atoms with Gasteiger partial charge in [0.1, 0.15) is 5.54 Å². The summed E-state index contributed by atoms with van der Waals surface area (Å²) in [5.41, 5.74) is -0.873. The smallest absolute Gasteiger partial charge is 0.322 e. The summed E-state index contributed by atoms with van der Waals surface area (Å²) in [6.45, 7) is 0.870. The molecule has 6 nitrogen and oxygen atoms in total. The van der Waals surface area contributed by atoms with E-state index in [1.54, 1.807) is 4.90 Å². The molecule has 1 aliphatic carbocycles. The van der Waals surface area contributed by atoms with E-state index < -0.39 is 11.6 Å². The number of nitrogens with one attached hydrogen (secondary N) is 2. The minimum absolute atomic E-state index is 0.123. The molecular formula is C13H19N3O3. The van der Waals surface area contributed by atoms with Gasteiger partial charge in [0.05, 0.1) is 6.54 Å². The minimum atomic E-state index is -0.873. The van der Waals surface area contributed by atoms with E-state index in [4.69, 9.17) is 0 Å². The number of rotatable bonds is 2. The number of urea groups is 1. The van der Waals surface area contributed by atoms with Crippen LogP contribution in [0.3, 0.4) is 0 Å². The van der Waals surface area contributed by atoms with Crippen molar-refractivity contribution in [3.8, 4) is 0 Å². The van der Waals surface area contributed by atoms with Gasteiger partial charge in [-0.05, 0) is 25.2 Å². The number of carbonyl (C=O) groups excluding carboxylic acids is 3. The lowest BCUT2D eigenvalue weighted by molar-refractivity contribution is -0.131. The highest BCUT2D eigenvalue weighted by molar-refractivity contribution is 6.07. The normalized spacial score (nSPS) is 31.1. The first-order chi connectivity index (χ1) is 9.09. The van der Waals surface area contributed by atoms with Crippen LogP contribution in [0.1, 0.15) is 38.5 Å². The summed E-state index contributed by atoms with van der Waals surface area (Å²) in [4.78, 5) is 36.9. The van der Waals surface area contributed by atoms with Crippen molar-refractivity contribution in [3.63, 3.8) is 0 Å². The maximum atomic E-state index is 12.2. The number of nitrogens with zero attached hydrogens (tertiary/aromatic N) is 1. The van der Waals surface area contributed by atoms with Crippen LogP contribution < -0.4 is 10.6 Å². The van der Waals surface area contributed by atoms with Crippen molar-refractivity contribution in [3.05, 3.63) is 0 Å². The van der Waals surface area contributed by atoms with Crippen LogP contribution in [0.2, 0.25) is 0 Å². The van der Waals surface area contributed by atoms with Gasteiger partial charge in [0.2, 0.25) is 5.91 Å². The number of amides is 4. The Morgan fingerprint density at radius 1 is 1.32 bits per heavy atom. The maximum Gasteiger partial charge on any atom is 0.322 e. The molecule has 3 aliphatic rings. The van der Waals surface area contributed by atoms with Gasteiger partial charge in [0.25, 0.3) is 5.91 Å². The van der Waals surface area contributed by atoms with Crippen molar-refractivity contribution in [1.29, 1.82) is 0 Å². The van der Waals surface area contributed by atoms with Crippen LogP contribution in [0.25, 0.3) is 0 Å². The van der Waals surface area contributed by atoms with Gasteiger partial charge in [-0.15, -0.1) is 0 Å². The summed E-state index contributed by atoms with van der Waals surface area (Å²) < 4.78 is 0. The summed E-state index contributed by atoms with van der Waals surface area (Å²) in [6.07, 6.45) is 5.83. The molecule has 0 aromatic rings. The summed E-state index contributed by atoms with van der Waals surface area (Å²) in [5.74, 6) is 0.336. The first-order valence-corrected chi connectivity index (χ1v) is 7.00. The van der Waals surface area contributed by atoms with Crippen molar-refractivity contribution in [2.45, 2.75) is 44.1 Å². The topological polar surface area (TPSA) is 78.5 Å². The third-order valence-electron chi connectivity index (χ3n) is 4.57. The molecule has 6 heteroatoms. The Bertz CT molecular complexity index is 431. The van der Waals surface area contributed by atoms with Gasteiger partial charge >= 0.3 is 6.03 Å². The average molecular weight is 265 g/mol. The lowest BCUT2D eigenvalue weighted by Crippen LogP contribution is -2.49. The van der Waals surface area contributed by atoms with Crippen LogP contribution in [0.4, 0.5) is 4.79 Å². The first kappa shape index (κ1) is 12.4. The highest BCUT2D eigenvalue weighted by atomic mass is 16.2. The van der Waals surface area contributed by atoms with Gasteiger partial charge in [-0.25, -0.2) is 4.79 Å². The van der Waals surface area contributed by atoms with Crippen LogP contribution in [0.5, 0.6) is 0 Å². The molecule has 19 heavy (non-hydrogen) atoms. The molecule has 0 aromatic heterocycles. The van der Waals surface area contributed by atoms with Crippen LogP contribution in [0.15, 0.2) is 0 Å². The highest BCUT2D eigenvalue weighted by Crippen LogP contribution is 2.30. The molecule has 3 fully saturated rings. The maximum absolute atomic E-state index is 12.2. The van der Waals surface area contributed by atoms with E-state index in [2.05, 4.69) is 10.6 Å². The molecule has 104 valence electrons. The van der Waals surface area contributed by atoms with E-state index in [9.17, 15) is 14.4 Å². The van der Waals surface area contributed by atoms with E-state index >= 15 is 0 Å². The third kappa shape index (κ3) is 2.19. The van der Waals surface area contributed by atoms with E-state index in [1.807, 2.05) is 0 Å². The molecule has 3 rings (SSSR count). The number of hydrogen-bond donors (Lipinski definition) is 2. The second kappa shape index (κ2) is 4.51. The third-order valence-corrected chi connectivity index (χ3v) is 4.57. The Hall–Kier alpha value is -1.59. The molecule has 1 saturated carbocycles. The summed E-state index contributed by atoms with van der Waals surface area (Å²) in [7, 11) is 0. The van der Waals surface area contributed by atoms with E-state index in [0.29, 0.717) is 31.8 Å². The molecule has 2 heterocycles. The number of carbonyl (C=O) groups is 3. The predicted octanol–water partition coefficient (Wildman–Crippen LogP) is 0.377. The zero-order chi connectivity index (χ0) is 13.5. The molecule has 0 bridgehead atoms. The van der Waals surface area contributed by atoms with Crippen molar-refractivity contribution >= 4 is 17.8 Å². The average Bonchev–Trinajstić information content (AvgIpc) is 3.03. The van der Waals surface area contributed by atoms with Crippen molar-refractivity contribution in [2.75, 3.05) is 13.1 Å². The lowest BCUT2D eigenvalue weighted by Gasteiger charge is -2.22. The van der Waals surface area contributed by atoms with E-state index in [1.165, 1.54) is 12.8 Å². The first-order valence-electron chi connectivity index (χ1n) is 7.00. The molecule has 1 atom stereocenters. The predicted molar refractivity (Wildman–Crippen MR) is 67.2 cm³/mol. The summed E-state index contributed by atoms with van der Waals surface area (Å²) in [6, 6.07) is -0.449. The summed E-state index contributed by atoms with van der Waals surface area (Å²) >= 11 is 0. The van der Waals surface area contributed by atoms with Crippen molar-refractivity contribution in [1.82, 2.24) is 15.5 Å². The molecular weight excluding hydrogens is 246 g/mol. The molecule has 0 aromatic carbocycles. The van der Waals surface area contributed by atoms with E-state index in [-0.39, 0.29) is 11.8 Å². The van der Waals surface area contributed by atoms with E-state index in [0.717, 1.165) is 12.8 Å². The van der Waals surface area contributed by atoms with Crippen molar-refractivity contribution < 1.29 is 14.4 Å². The van der Waals surface area contributed by atoms with Gasteiger partial charge < -0.3 is 10.2 Å². The van der Waals surface area contributed by atoms with Gasteiger partial charge in [-0.3, -0.25) is 14.9 Å². The van der Waals surface area contributed by atoms with Gasteiger partial charge in [-0.2, -0.15) is 0 Å². The second-order valence-corrected chi connectivity index (χ2v) is 5.91. The molecule has 4 amide bonds. The molecule has 1 spiro atoms. The van der Waals surface area contributed by atoms with Crippen molar-refractivity contribution in [2.24, 2.45) is 5.92 Å². The fraction of sp³-hybridized carbons (Fsp3) is 0.769. The SMILES string of the molecule is O=C1NC(=O)C2(CCN(C(=O)CC3CCCC3)C2)N1. The van der Waals surface area contributed by atoms with Gasteiger partial charge in [-0.1, -0.05) is 12.8 Å². The Morgan fingerprint density at radius 2 is 2.05 bits per heavy atom. The van der Waals surface area contributed by atoms with Crippen LogP contribution in [-0.2, 0) is 9.59 Å². The molecule has 2 aliphatic heterocycles. The Balaban J connectivity index is 1.60. The fourth-order valence-electron chi connectivity index (χ4n) is 3.43. The highest BCUT2D eigenvalue weighted by Gasteiger charge is 2.51. The quantitative estimate of drug-likeness (QED) is 0.708. The Labute approximate surface area is 111 Å². The minimum Gasteiger partial charge on any atom is -0.340 e. The summed E-state index contributed by atoms with van der Waals surface area (Å²) in [5, 5.41) is 4.92. The molecule has 2 saturated heterocycles. The number of likely N-dealkylation sites (tertiary alicyclic amines) is 1.